The summed E-state index contributed by atoms with van der Waals surface area (Å²) < 4.78 is 28.4. The van der Waals surface area contributed by atoms with Crippen LogP contribution in [0.2, 0.25) is 5.02 Å². The molecule has 0 aliphatic rings. The zero-order valence-electron chi connectivity index (χ0n) is 9.30. The normalized spacial score (nSPS) is 12.5. The summed E-state index contributed by atoms with van der Waals surface area (Å²) in [7, 11) is 0. The lowest BCUT2D eigenvalue weighted by Gasteiger charge is -2.16. The van der Waals surface area contributed by atoms with Gasteiger partial charge in [-0.15, -0.1) is 0 Å². The number of aliphatic hydroxyl groups excluding tert-OH is 1. The summed E-state index contributed by atoms with van der Waals surface area (Å²) in [5, 5.41) is 10.4. The largest absolute Gasteiger partial charge is 0.383 e. The second-order valence-corrected chi connectivity index (χ2v) is 6.00. The first-order valence-electron chi connectivity index (χ1n) is 5.18. The second kappa shape index (κ2) is 5.87. The molecule has 0 spiro atoms. The van der Waals surface area contributed by atoms with Crippen molar-refractivity contribution in [2.24, 2.45) is 0 Å². The maximum atomic E-state index is 13.9. The highest BCUT2D eigenvalue weighted by Gasteiger charge is 2.23. The van der Waals surface area contributed by atoms with Gasteiger partial charge in [-0.25, -0.2) is 8.78 Å². The molecule has 0 amide bonds. The number of rotatable bonds is 2. The van der Waals surface area contributed by atoms with E-state index < -0.39 is 23.3 Å². The van der Waals surface area contributed by atoms with Gasteiger partial charge in [0.15, 0.2) is 0 Å². The van der Waals surface area contributed by atoms with Crippen LogP contribution in [-0.2, 0) is 0 Å². The summed E-state index contributed by atoms with van der Waals surface area (Å²) in [6.45, 7) is 0. The topological polar surface area (TPSA) is 20.2 Å². The van der Waals surface area contributed by atoms with Crippen molar-refractivity contribution in [3.63, 3.8) is 0 Å². The van der Waals surface area contributed by atoms with E-state index in [0.717, 1.165) is 6.07 Å². The van der Waals surface area contributed by atoms with Gasteiger partial charge in [-0.1, -0.05) is 27.5 Å². The summed E-state index contributed by atoms with van der Waals surface area (Å²) in [4.78, 5) is 0. The molecular formula is C13H7Br2ClF2O. The van der Waals surface area contributed by atoms with Gasteiger partial charge in [0.1, 0.15) is 17.7 Å². The highest BCUT2D eigenvalue weighted by Crippen LogP contribution is 2.35. The van der Waals surface area contributed by atoms with Gasteiger partial charge in [0, 0.05) is 15.1 Å². The minimum absolute atomic E-state index is 0.0778. The molecule has 0 radical (unpaired) electrons. The molecule has 0 heterocycles. The van der Waals surface area contributed by atoms with Crippen LogP contribution in [0.5, 0.6) is 0 Å². The van der Waals surface area contributed by atoms with Gasteiger partial charge in [0.2, 0.25) is 0 Å². The lowest BCUT2D eigenvalue weighted by molar-refractivity contribution is 0.209. The summed E-state index contributed by atoms with van der Waals surface area (Å²) in [6, 6.07) is 7.05. The van der Waals surface area contributed by atoms with E-state index in [1.54, 1.807) is 6.07 Å². The SMILES string of the molecule is OC(c1cc(Br)ccc1Cl)c1c(F)ccc(Br)c1F. The lowest BCUT2D eigenvalue weighted by Crippen LogP contribution is -2.07. The molecule has 0 fully saturated rings. The molecule has 19 heavy (non-hydrogen) atoms. The van der Waals surface area contributed by atoms with E-state index in [9.17, 15) is 13.9 Å². The quantitative estimate of drug-likeness (QED) is 0.670. The van der Waals surface area contributed by atoms with Crippen LogP contribution in [0.4, 0.5) is 8.78 Å². The molecule has 0 bridgehead atoms. The van der Waals surface area contributed by atoms with Gasteiger partial charge in [0.05, 0.1) is 10.0 Å². The highest BCUT2D eigenvalue weighted by atomic mass is 79.9. The number of hydrogen-bond acceptors (Lipinski definition) is 1. The molecule has 100 valence electrons. The van der Waals surface area contributed by atoms with Gasteiger partial charge in [0.25, 0.3) is 0 Å². The first-order chi connectivity index (χ1) is 8.91. The van der Waals surface area contributed by atoms with Crippen molar-refractivity contribution in [1.29, 1.82) is 0 Å². The summed E-state index contributed by atoms with van der Waals surface area (Å²) in [5.74, 6) is -1.67. The van der Waals surface area contributed by atoms with Gasteiger partial charge < -0.3 is 5.11 Å². The zero-order chi connectivity index (χ0) is 14.2. The fourth-order valence-electron chi connectivity index (χ4n) is 1.67. The zero-order valence-corrected chi connectivity index (χ0v) is 13.2. The minimum atomic E-state index is -1.48. The summed E-state index contributed by atoms with van der Waals surface area (Å²) in [6.07, 6.45) is -1.48. The molecular weight excluding hydrogens is 405 g/mol. The van der Waals surface area contributed by atoms with Crippen molar-refractivity contribution in [1.82, 2.24) is 0 Å². The van der Waals surface area contributed by atoms with E-state index in [4.69, 9.17) is 11.6 Å². The average Bonchev–Trinajstić information content (AvgIpc) is 2.37. The standard InChI is InChI=1S/C13H7Br2ClF2O/c14-6-1-3-9(16)7(5-6)13(19)11-10(17)4-2-8(15)12(11)18/h1-5,13,19H. The molecule has 1 atom stereocenters. The molecule has 6 heteroatoms. The molecule has 2 rings (SSSR count). The Bertz CT molecular complexity index is 634. The number of aliphatic hydroxyl groups is 1. The predicted octanol–water partition coefficient (Wildman–Crippen LogP) is 5.22. The van der Waals surface area contributed by atoms with E-state index in [1.807, 2.05) is 0 Å². The van der Waals surface area contributed by atoms with E-state index in [-0.39, 0.29) is 15.1 Å². The van der Waals surface area contributed by atoms with Crippen molar-refractivity contribution < 1.29 is 13.9 Å². The maximum Gasteiger partial charge on any atom is 0.146 e. The predicted molar refractivity (Wildman–Crippen MR) is 77.3 cm³/mol. The van der Waals surface area contributed by atoms with Gasteiger partial charge in [-0.2, -0.15) is 0 Å². The first-order valence-corrected chi connectivity index (χ1v) is 7.14. The molecule has 2 aromatic rings. The van der Waals surface area contributed by atoms with Gasteiger partial charge in [-0.05, 0) is 46.3 Å². The van der Waals surface area contributed by atoms with Crippen LogP contribution < -0.4 is 0 Å². The molecule has 0 aliphatic heterocycles. The Morgan fingerprint density at radius 2 is 1.79 bits per heavy atom. The summed E-state index contributed by atoms with van der Waals surface area (Å²) in [5.41, 5.74) is -0.207. The monoisotopic (exact) mass is 410 g/mol. The molecule has 0 aliphatic carbocycles. The first kappa shape index (κ1) is 14.9. The Morgan fingerprint density at radius 3 is 2.47 bits per heavy atom. The van der Waals surface area contributed by atoms with Crippen molar-refractivity contribution in [3.8, 4) is 0 Å². The van der Waals surface area contributed by atoms with Crippen LogP contribution in [0.1, 0.15) is 17.2 Å². The molecule has 1 nitrogen and oxygen atoms in total. The van der Waals surface area contributed by atoms with Crippen LogP contribution in [-0.4, -0.2) is 5.11 Å². The highest BCUT2D eigenvalue weighted by molar-refractivity contribution is 9.10. The van der Waals surface area contributed by atoms with E-state index >= 15 is 0 Å². The molecule has 1 N–H and O–H groups in total. The number of halogens is 5. The van der Waals surface area contributed by atoms with Crippen LogP contribution in [0, 0.1) is 11.6 Å². The maximum absolute atomic E-state index is 13.9. The number of hydrogen-bond donors (Lipinski definition) is 1. The number of benzene rings is 2. The smallest absolute Gasteiger partial charge is 0.146 e. The summed E-state index contributed by atoms with van der Waals surface area (Å²) >= 11 is 12.1. The molecule has 0 saturated heterocycles. The Kier molecular flexibility index (Phi) is 4.61. The van der Waals surface area contributed by atoms with Crippen molar-refractivity contribution >= 4 is 43.5 Å². The Morgan fingerprint density at radius 1 is 1.11 bits per heavy atom. The van der Waals surface area contributed by atoms with E-state index in [0.29, 0.717) is 4.47 Å². The molecule has 0 aromatic heterocycles. The van der Waals surface area contributed by atoms with E-state index in [1.165, 1.54) is 18.2 Å². The van der Waals surface area contributed by atoms with E-state index in [2.05, 4.69) is 31.9 Å². The van der Waals surface area contributed by atoms with Crippen molar-refractivity contribution in [2.45, 2.75) is 6.10 Å². The fraction of sp³-hybridized carbons (Fsp3) is 0.0769. The fourth-order valence-corrected chi connectivity index (χ4v) is 2.62. The van der Waals surface area contributed by atoms with Crippen LogP contribution >= 0.6 is 43.5 Å². The van der Waals surface area contributed by atoms with Gasteiger partial charge >= 0.3 is 0 Å². The minimum Gasteiger partial charge on any atom is -0.383 e. The third-order valence-electron chi connectivity index (χ3n) is 2.61. The van der Waals surface area contributed by atoms with Crippen LogP contribution in [0.25, 0.3) is 0 Å². The molecule has 0 saturated carbocycles. The molecule has 1 unspecified atom stereocenters. The van der Waals surface area contributed by atoms with Crippen LogP contribution in [0.3, 0.4) is 0 Å². The lowest BCUT2D eigenvalue weighted by atomic mass is 10.0. The van der Waals surface area contributed by atoms with Crippen molar-refractivity contribution in [3.05, 3.63) is 67.1 Å². The Balaban J connectivity index is 2.59. The Hall–Kier alpha value is -0.490. The van der Waals surface area contributed by atoms with Crippen molar-refractivity contribution in [2.75, 3.05) is 0 Å². The third kappa shape index (κ3) is 2.99. The molecule has 2 aromatic carbocycles. The second-order valence-electron chi connectivity index (χ2n) is 3.83. The average molecular weight is 412 g/mol. The van der Waals surface area contributed by atoms with Crippen LogP contribution in [0.15, 0.2) is 39.3 Å². The Labute approximate surface area is 130 Å². The third-order valence-corrected chi connectivity index (χ3v) is 4.06. The van der Waals surface area contributed by atoms with Gasteiger partial charge in [-0.3, -0.25) is 0 Å².